The third-order valence-electron chi connectivity index (χ3n) is 3.72. The molecule has 6 heteroatoms. The molecule has 116 valence electrons. The van der Waals surface area contributed by atoms with Gasteiger partial charge in [0.1, 0.15) is 11.6 Å². The highest BCUT2D eigenvalue weighted by atomic mass is 32.2. The predicted molar refractivity (Wildman–Crippen MR) is 86.6 cm³/mol. The number of hydrogen-bond donors (Lipinski definition) is 0. The number of rotatable bonds is 4. The second-order valence-electron chi connectivity index (χ2n) is 5.25. The van der Waals surface area contributed by atoms with Crippen LogP contribution in [0.15, 0.2) is 35.7 Å². The molecule has 2 aromatic rings. The summed E-state index contributed by atoms with van der Waals surface area (Å²) in [5.41, 5.74) is 1.58. The van der Waals surface area contributed by atoms with E-state index in [2.05, 4.69) is 0 Å². The average molecular weight is 337 g/mol. The lowest BCUT2D eigenvalue weighted by molar-refractivity contribution is -0.129. The van der Waals surface area contributed by atoms with Gasteiger partial charge in [-0.1, -0.05) is 18.2 Å². The van der Waals surface area contributed by atoms with E-state index in [0.717, 1.165) is 6.42 Å². The van der Waals surface area contributed by atoms with Crippen molar-refractivity contribution in [3.63, 3.8) is 0 Å². The molecule has 1 amide bonds. The van der Waals surface area contributed by atoms with Gasteiger partial charge in [-0.25, -0.2) is 4.39 Å². The topological polar surface area (TPSA) is 37.4 Å². The highest BCUT2D eigenvalue weighted by Crippen LogP contribution is 2.24. The summed E-state index contributed by atoms with van der Waals surface area (Å²) in [5, 5.41) is 2.04. The molecule has 1 atom stereocenters. The van der Waals surface area contributed by atoms with Crippen LogP contribution in [0.5, 0.6) is 0 Å². The van der Waals surface area contributed by atoms with Gasteiger partial charge in [0.25, 0.3) is 0 Å². The lowest BCUT2D eigenvalue weighted by Crippen LogP contribution is -2.38. The summed E-state index contributed by atoms with van der Waals surface area (Å²) >= 11 is 1.72. The Labute approximate surface area is 135 Å². The molecule has 0 saturated carbocycles. The lowest BCUT2D eigenvalue weighted by atomic mass is 10.1. The molecule has 0 spiro atoms. The summed E-state index contributed by atoms with van der Waals surface area (Å²) in [5.74, 6) is -0.459. The van der Waals surface area contributed by atoms with E-state index < -0.39 is 10.8 Å². The van der Waals surface area contributed by atoms with Crippen molar-refractivity contribution in [3.05, 3.63) is 57.5 Å². The largest absolute Gasteiger partial charge is 0.337 e. The molecule has 1 aliphatic heterocycles. The Hall–Kier alpha value is -1.53. The molecule has 0 N–H and O–H groups in total. The molecule has 22 heavy (non-hydrogen) atoms. The van der Waals surface area contributed by atoms with Crippen LogP contribution in [0.1, 0.15) is 16.0 Å². The molecule has 2 heterocycles. The van der Waals surface area contributed by atoms with E-state index in [4.69, 9.17) is 0 Å². The Balaban J connectivity index is 1.58. The number of halogens is 1. The summed E-state index contributed by atoms with van der Waals surface area (Å²) in [6.45, 7) is 1.26. The van der Waals surface area contributed by atoms with Crippen LogP contribution in [0.4, 0.5) is 4.39 Å². The maximum absolute atomic E-state index is 13.5. The lowest BCUT2D eigenvalue weighted by Gasteiger charge is -2.26. The molecule has 1 aromatic heterocycles. The van der Waals surface area contributed by atoms with Crippen LogP contribution >= 0.6 is 11.3 Å². The number of nitrogens with zero attached hydrogens (tertiary/aromatic N) is 1. The number of hydrogen-bond acceptors (Lipinski definition) is 3. The molecule has 3 rings (SSSR count). The molecule has 0 saturated heterocycles. The van der Waals surface area contributed by atoms with Crippen LogP contribution in [0, 0.1) is 5.82 Å². The Morgan fingerprint density at radius 1 is 1.32 bits per heavy atom. The Morgan fingerprint density at radius 2 is 2.14 bits per heavy atom. The van der Waals surface area contributed by atoms with Crippen molar-refractivity contribution in [3.8, 4) is 0 Å². The molecule has 0 bridgehead atoms. The zero-order valence-corrected chi connectivity index (χ0v) is 13.6. The monoisotopic (exact) mass is 337 g/mol. The van der Waals surface area contributed by atoms with Gasteiger partial charge in [0.15, 0.2) is 0 Å². The quantitative estimate of drug-likeness (QED) is 0.860. The third kappa shape index (κ3) is 3.44. The molecule has 1 aromatic carbocycles. The van der Waals surface area contributed by atoms with Gasteiger partial charge in [-0.2, -0.15) is 0 Å². The molecule has 1 aliphatic rings. The van der Waals surface area contributed by atoms with Gasteiger partial charge in [0.2, 0.25) is 5.91 Å². The number of amides is 1. The molecule has 3 nitrogen and oxygen atoms in total. The van der Waals surface area contributed by atoms with E-state index in [1.54, 1.807) is 34.4 Å². The molecular formula is C16H16FNO2S2. The number of carbonyl (C=O) groups excluding carboxylic acids is 1. The van der Waals surface area contributed by atoms with Crippen LogP contribution in [0.2, 0.25) is 0 Å². The van der Waals surface area contributed by atoms with Gasteiger partial charge in [-0.15, -0.1) is 11.3 Å². The van der Waals surface area contributed by atoms with Crippen molar-refractivity contribution in [2.45, 2.75) is 18.7 Å². The van der Waals surface area contributed by atoms with Gasteiger partial charge >= 0.3 is 0 Å². The summed E-state index contributed by atoms with van der Waals surface area (Å²) in [7, 11) is -1.39. The zero-order valence-electron chi connectivity index (χ0n) is 12.0. The standard InChI is InChI=1S/C16H16FNO2S2/c17-14-4-2-1-3-13(14)10-22(20)11-16(19)18-7-5-15-12(9-18)6-8-21-15/h1-4,6,8H,5,7,9-11H2. The van der Waals surface area contributed by atoms with Gasteiger partial charge < -0.3 is 4.90 Å². The SMILES string of the molecule is O=C(CS(=O)Cc1ccccc1F)N1CCc2sccc2C1. The van der Waals surface area contributed by atoms with E-state index in [0.29, 0.717) is 18.7 Å². The average Bonchev–Trinajstić information content (AvgIpc) is 2.97. The predicted octanol–water partition coefficient (Wildman–Crippen LogP) is 2.72. The van der Waals surface area contributed by atoms with Crippen molar-refractivity contribution in [2.75, 3.05) is 12.3 Å². The van der Waals surface area contributed by atoms with Crippen LogP contribution < -0.4 is 0 Å². The number of benzene rings is 1. The van der Waals surface area contributed by atoms with Crippen LogP contribution in [0.25, 0.3) is 0 Å². The van der Waals surface area contributed by atoms with Crippen LogP contribution in [-0.2, 0) is 34.3 Å². The second kappa shape index (κ2) is 6.71. The molecule has 0 radical (unpaired) electrons. The Bertz CT molecular complexity index is 714. The highest BCUT2D eigenvalue weighted by molar-refractivity contribution is 7.84. The smallest absolute Gasteiger partial charge is 0.235 e. The minimum atomic E-state index is -1.39. The van der Waals surface area contributed by atoms with Crippen molar-refractivity contribution < 1.29 is 13.4 Å². The van der Waals surface area contributed by atoms with E-state index in [9.17, 15) is 13.4 Å². The molecular weight excluding hydrogens is 321 g/mol. The van der Waals surface area contributed by atoms with Crippen LogP contribution in [-0.4, -0.2) is 27.3 Å². The van der Waals surface area contributed by atoms with Crippen LogP contribution in [0.3, 0.4) is 0 Å². The molecule has 1 unspecified atom stereocenters. The Kier molecular flexibility index (Phi) is 4.69. The first kappa shape index (κ1) is 15.4. The van der Waals surface area contributed by atoms with E-state index in [1.807, 2.05) is 11.4 Å². The number of fused-ring (bicyclic) bond motifs is 1. The fourth-order valence-electron chi connectivity index (χ4n) is 2.53. The summed E-state index contributed by atoms with van der Waals surface area (Å²) in [6.07, 6.45) is 0.860. The van der Waals surface area contributed by atoms with Crippen molar-refractivity contribution >= 4 is 28.0 Å². The minimum absolute atomic E-state index is 0.0478. The van der Waals surface area contributed by atoms with Gasteiger partial charge in [0, 0.05) is 34.3 Å². The fraction of sp³-hybridized carbons (Fsp3) is 0.312. The summed E-state index contributed by atoms with van der Waals surface area (Å²) in [6, 6.07) is 8.29. The molecule has 0 aliphatic carbocycles. The van der Waals surface area contributed by atoms with Crippen molar-refractivity contribution in [1.82, 2.24) is 4.90 Å². The first-order chi connectivity index (χ1) is 10.6. The highest BCUT2D eigenvalue weighted by Gasteiger charge is 2.22. The summed E-state index contributed by atoms with van der Waals surface area (Å²) in [4.78, 5) is 15.3. The first-order valence-corrected chi connectivity index (χ1v) is 9.41. The van der Waals surface area contributed by atoms with Crippen molar-refractivity contribution in [1.29, 1.82) is 0 Å². The summed E-state index contributed by atoms with van der Waals surface area (Å²) < 4.78 is 25.7. The normalized spacial score (nSPS) is 15.4. The maximum Gasteiger partial charge on any atom is 0.235 e. The van der Waals surface area contributed by atoms with Gasteiger partial charge in [-0.05, 0) is 29.5 Å². The van der Waals surface area contributed by atoms with E-state index in [-0.39, 0.29) is 23.2 Å². The third-order valence-corrected chi connectivity index (χ3v) is 5.94. The van der Waals surface area contributed by atoms with E-state index in [1.165, 1.54) is 16.5 Å². The zero-order chi connectivity index (χ0) is 15.5. The van der Waals surface area contributed by atoms with Crippen molar-refractivity contribution in [2.24, 2.45) is 0 Å². The Morgan fingerprint density at radius 3 is 2.95 bits per heavy atom. The number of thiophene rings is 1. The fourth-order valence-corrected chi connectivity index (χ4v) is 4.56. The van der Waals surface area contributed by atoms with E-state index >= 15 is 0 Å². The molecule has 0 fully saturated rings. The minimum Gasteiger partial charge on any atom is -0.337 e. The number of carbonyl (C=O) groups is 1. The van der Waals surface area contributed by atoms with Gasteiger partial charge in [0.05, 0.1) is 5.75 Å². The maximum atomic E-state index is 13.5. The first-order valence-electron chi connectivity index (χ1n) is 7.05. The van der Waals surface area contributed by atoms with Gasteiger partial charge in [-0.3, -0.25) is 9.00 Å². The second-order valence-corrected chi connectivity index (χ2v) is 7.71.